The Bertz CT molecular complexity index is 745. The molecule has 1 aromatic carbocycles. The van der Waals surface area contributed by atoms with E-state index in [1.165, 1.54) is 6.33 Å². The van der Waals surface area contributed by atoms with Crippen molar-refractivity contribution in [3.8, 4) is 5.75 Å². The number of ether oxygens (including phenoxy) is 1. The normalized spacial score (nSPS) is 19.6. The number of H-pyrrole nitrogens is 1. The van der Waals surface area contributed by atoms with E-state index in [4.69, 9.17) is 4.74 Å². The van der Waals surface area contributed by atoms with Gasteiger partial charge in [-0.1, -0.05) is 25.5 Å². The molecule has 26 heavy (non-hydrogen) atoms. The number of methoxy groups -OCH3 is 1. The fraction of sp³-hybridized carbons (Fsp3) is 0.444. The first-order chi connectivity index (χ1) is 12.6. The van der Waals surface area contributed by atoms with Gasteiger partial charge >= 0.3 is 0 Å². The molecule has 0 bridgehead atoms. The van der Waals surface area contributed by atoms with E-state index in [0.29, 0.717) is 6.54 Å². The Hall–Kier alpha value is -2.90. The van der Waals surface area contributed by atoms with Crippen molar-refractivity contribution in [3.63, 3.8) is 0 Å². The molecule has 0 aliphatic carbocycles. The SMILES string of the molecule is CCCCN1C(=O)C[C@H](C(=O)Nc2ncn[nH]2)[C@H]1c1ccc(OC)cc1. The van der Waals surface area contributed by atoms with Gasteiger partial charge in [0.05, 0.1) is 19.1 Å². The molecule has 1 saturated heterocycles. The van der Waals surface area contributed by atoms with Gasteiger partial charge in [0.2, 0.25) is 17.8 Å². The Morgan fingerprint density at radius 2 is 2.15 bits per heavy atom. The van der Waals surface area contributed by atoms with E-state index in [1.807, 2.05) is 29.2 Å². The zero-order chi connectivity index (χ0) is 18.5. The minimum atomic E-state index is -0.488. The van der Waals surface area contributed by atoms with Crippen molar-refractivity contribution < 1.29 is 14.3 Å². The van der Waals surface area contributed by atoms with Crippen molar-refractivity contribution in [1.29, 1.82) is 0 Å². The van der Waals surface area contributed by atoms with Crippen LogP contribution in [0.1, 0.15) is 37.8 Å². The summed E-state index contributed by atoms with van der Waals surface area (Å²) < 4.78 is 5.21. The van der Waals surface area contributed by atoms with Gasteiger partial charge < -0.3 is 9.64 Å². The fourth-order valence-corrected chi connectivity index (χ4v) is 3.31. The molecule has 0 spiro atoms. The third-order valence-corrected chi connectivity index (χ3v) is 4.64. The molecule has 2 atom stereocenters. The molecule has 0 saturated carbocycles. The predicted octanol–water partition coefficient (Wildman–Crippen LogP) is 2.14. The monoisotopic (exact) mass is 357 g/mol. The van der Waals surface area contributed by atoms with Crippen LogP contribution in [0.4, 0.5) is 5.95 Å². The molecular formula is C18H23N5O3. The highest BCUT2D eigenvalue weighted by Gasteiger charge is 2.44. The van der Waals surface area contributed by atoms with Gasteiger partial charge in [-0.15, -0.1) is 0 Å². The average molecular weight is 357 g/mol. The van der Waals surface area contributed by atoms with Crippen LogP contribution in [0.25, 0.3) is 0 Å². The molecule has 1 aromatic heterocycles. The maximum absolute atomic E-state index is 12.8. The molecule has 0 radical (unpaired) electrons. The second-order valence-corrected chi connectivity index (χ2v) is 6.29. The molecule has 2 aromatic rings. The van der Waals surface area contributed by atoms with E-state index < -0.39 is 5.92 Å². The van der Waals surface area contributed by atoms with Crippen LogP contribution in [0.3, 0.4) is 0 Å². The quantitative estimate of drug-likeness (QED) is 0.791. The van der Waals surface area contributed by atoms with Crippen molar-refractivity contribution >= 4 is 17.8 Å². The van der Waals surface area contributed by atoms with Gasteiger partial charge in [-0.2, -0.15) is 10.1 Å². The lowest BCUT2D eigenvalue weighted by Crippen LogP contribution is -2.33. The Kier molecular flexibility index (Phi) is 5.50. The van der Waals surface area contributed by atoms with Crippen molar-refractivity contribution in [2.45, 2.75) is 32.2 Å². The van der Waals surface area contributed by atoms with Gasteiger partial charge in [-0.05, 0) is 24.1 Å². The number of hydrogen-bond donors (Lipinski definition) is 2. The lowest BCUT2D eigenvalue weighted by atomic mass is 9.92. The molecule has 138 valence electrons. The summed E-state index contributed by atoms with van der Waals surface area (Å²) in [5.41, 5.74) is 0.922. The summed E-state index contributed by atoms with van der Waals surface area (Å²) in [5.74, 6) is 0.286. The van der Waals surface area contributed by atoms with Crippen molar-refractivity contribution in [2.75, 3.05) is 19.0 Å². The maximum atomic E-state index is 12.8. The Balaban J connectivity index is 1.87. The summed E-state index contributed by atoms with van der Waals surface area (Å²) in [6.07, 6.45) is 3.38. The van der Waals surface area contributed by atoms with Gasteiger partial charge in [0, 0.05) is 13.0 Å². The number of nitrogens with zero attached hydrogens (tertiary/aromatic N) is 3. The number of carbonyl (C=O) groups is 2. The van der Waals surface area contributed by atoms with E-state index >= 15 is 0 Å². The summed E-state index contributed by atoms with van der Waals surface area (Å²) in [7, 11) is 1.61. The molecule has 3 rings (SSSR count). The number of anilines is 1. The Morgan fingerprint density at radius 3 is 2.77 bits per heavy atom. The number of likely N-dealkylation sites (tertiary alicyclic amines) is 1. The number of aromatic amines is 1. The van der Waals surface area contributed by atoms with Crippen LogP contribution in [0.15, 0.2) is 30.6 Å². The molecule has 1 fully saturated rings. The van der Waals surface area contributed by atoms with Crippen LogP contribution in [-0.4, -0.2) is 45.6 Å². The molecule has 2 heterocycles. The Morgan fingerprint density at radius 1 is 1.38 bits per heavy atom. The zero-order valence-corrected chi connectivity index (χ0v) is 14.9. The number of rotatable bonds is 7. The summed E-state index contributed by atoms with van der Waals surface area (Å²) in [6.45, 7) is 2.72. The van der Waals surface area contributed by atoms with Crippen LogP contribution in [-0.2, 0) is 9.59 Å². The van der Waals surface area contributed by atoms with E-state index in [2.05, 4.69) is 27.4 Å². The maximum Gasteiger partial charge on any atom is 0.232 e. The van der Waals surface area contributed by atoms with E-state index in [-0.39, 0.29) is 30.2 Å². The number of carbonyl (C=O) groups excluding carboxylic acids is 2. The number of unbranched alkanes of at least 4 members (excludes halogenated alkanes) is 1. The molecule has 8 nitrogen and oxygen atoms in total. The van der Waals surface area contributed by atoms with Crippen molar-refractivity contribution in [2.24, 2.45) is 5.92 Å². The smallest absolute Gasteiger partial charge is 0.232 e. The number of hydrogen-bond acceptors (Lipinski definition) is 5. The summed E-state index contributed by atoms with van der Waals surface area (Å²) in [4.78, 5) is 31.1. The largest absolute Gasteiger partial charge is 0.497 e. The average Bonchev–Trinajstić information content (AvgIpc) is 3.27. The number of nitrogens with one attached hydrogen (secondary N) is 2. The van der Waals surface area contributed by atoms with Crippen molar-refractivity contribution in [1.82, 2.24) is 20.1 Å². The van der Waals surface area contributed by atoms with E-state index in [0.717, 1.165) is 24.2 Å². The fourth-order valence-electron chi connectivity index (χ4n) is 3.31. The third-order valence-electron chi connectivity index (χ3n) is 4.64. The standard InChI is InChI=1S/C18H23N5O3/c1-3-4-9-23-15(24)10-14(17(25)21-18-19-11-20-22-18)16(23)12-5-7-13(26-2)8-6-12/h5-8,11,14,16H,3-4,9-10H2,1-2H3,(H2,19,20,21,22,25)/t14-,16+/m0/s1. The molecule has 2 N–H and O–H groups in total. The molecule has 0 unspecified atom stereocenters. The predicted molar refractivity (Wildman–Crippen MR) is 95.5 cm³/mol. The first-order valence-corrected chi connectivity index (χ1v) is 8.73. The zero-order valence-electron chi connectivity index (χ0n) is 14.9. The van der Waals surface area contributed by atoms with E-state index in [1.54, 1.807) is 7.11 Å². The van der Waals surface area contributed by atoms with Gasteiger partial charge in [0.1, 0.15) is 12.1 Å². The summed E-state index contributed by atoms with van der Waals surface area (Å²) in [6, 6.07) is 7.22. The molecular weight excluding hydrogens is 334 g/mol. The molecule has 1 aliphatic heterocycles. The minimum Gasteiger partial charge on any atom is -0.497 e. The van der Waals surface area contributed by atoms with Crippen LogP contribution < -0.4 is 10.1 Å². The molecule has 2 amide bonds. The summed E-state index contributed by atoms with van der Waals surface area (Å²) >= 11 is 0. The topological polar surface area (TPSA) is 100 Å². The lowest BCUT2D eigenvalue weighted by Gasteiger charge is -2.28. The third kappa shape index (κ3) is 3.68. The van der Waals surface area contributed by atoms with Crippen LogP contribution in [0.2, 0.25) is 0 Å². The second-order valence-electron chi connectivity index (χ2n) is 6.29. The van der Waals surface area contributed by atoms with E-state index in [9.17, 15) is 9.59 Å². The van der Waals surface area contributed by atoms with Gasteiger partial charge in [-0.25, -0.2) is 5.10 Å². The Labute approximate surface area is 151 Å². The minimum absolute atomic E-state index is 0.00279. The number of aromatic nitrogens is 3. The van der Waals surface area contributed by atoms with Crippen LogP contribution in [0.5, 0.6) is 5.75 Å². The highest BCUT2D eigenvalue weighted by molar-refractivity contribution is 5.97. The van der Waals surface area contributed by atoms with Crippen LogP contribution in [0, 0.1) is 5.92 Å². The van der Waals surface area contributed by atoms with Crippen molar-refractivity contribution in [3.05, 3.63) is 36.2 Å². The second kappa shape index (κ2) is 7.99. The summed E-state index contributed by atoms with van der Waals surface area (Å²) in [5, 5.41) is 9.05. The molecule has 1 aliphatic rings. The first-order valence-electron chi connectivity index (χ1n) is 8.73. The highest BCUT2D eigenvalue weighted by atomic mass is 16.5. The number of amides is 2. The highest BCUT2D eigenvalue weighted by Crippen LogP contribution is 2.39. The van der Waals surface area contributed by atoms with Gasteiger partial charge in [0.15, 0.2) is 0 Å². The number of benzene rings is 1. The van der Waals surface area contributed by atoms with Gasteiger partial charge in [0.25, 0.3) is 0 Å². The van der Waals surface area contributed by atoms with Gasteiger partial charge in [-0.3, -0.25) is 14.9 Å². The first kappa shape index (κ1) is 17.9. The van der Waals surface area contributed by atoms with Crippen LogP contribution >= 0.6 is 0 Å². The lowest BCUT2D eigenvalue weighted by molar-refractivity contribution is -0.129. The molecule has 8 heteroatoms.